The van der Waals surface area contributed by atoms with Gasteiger partial charge in [-0.2, -0.15) is 0 Å². The first-order valence-corrected chi connectivity index (χ1v) is 8.71. The number of hydrogen-bond donors (Lipinski definition) is 1. The van der Waals surface area contributed by atoms with Crippen molar-refractivity contribution in [3.63, 3.8) is 0 Å². The van der Waals surface area contributed by atoms with Crippen molar-refractivity contribution in [3.8, 4) is 5.75 Å². The van der Waals surface area contributed by atoms with Gasteiger partial charge in [0.25, 0.3) is 0 Å². The normalized spacial score (nSPS) is 13.0. The topological polar surface area (TPSA) is 77.8 Å². The van der Waals surface area contributed by atoms with E-state index in [0.717, 1.165) is 5.76 Å². The molecule has 0 unspecified atom stereocenters. The van der Waals surface area contributed by atoms with Crippen LogP contribution >= 0.6 is 0 Å². The van der Waals surface area contributed by atoms with Crippen LogP contribution in [0.25, 0.3) is 0 Å². The van der Waals surface area contributed by atoms with E-state index in [1.807, 2.05) is 6.92 Å². The van der Waals surface area contributed by atoms with E-state index in [1.54, 1.807) is 38.3 Å². The molecule has 7 heteroatoms. The molecule has 23 heavy (non-hydrogen) atoms. The van der Waals surface area contributed by atoms with Crippen molar-refractivity contribution in [1.82, 2.24) is 4.72 Å². The van der Waals surface area contributed by atoms with Gasteiger partial charge in [-0.05, 0) is 50.2 Å². The fourth-order valence-electron chi connectivity index (χ4n) is 2.00. The van der Waals surface area contributed by atoms with Gasteiger partial charge in [0.2, 0.25) is 10.0 Å². The molecule has 0 bridgehead atoms. The number of methoxy groups -OCH3 is 1. The van der Waals surface area contributed by atoms with Crippen LogP contribution in [-0.2, 0) is 14.8 Å². The minimum Gasteiger partial charge on any atom is -0.491 e. The number of aryl methyl sites for hydroxylation is 1. The van der Waals surface area contributed by atoms with E-state index in [0.29, 0.717) is 24.7 Å². The molecule has 0 aliphatic rings. The molecule has 0 saturated heterocycles. The number of nitrogens with one attached hydrogen (secondary N) is 1. The highest BCUT2D eigenvalue weighted by molar-refractivity contribution is 7.89. The number of hydrogen-bond acceptors (Lipinski definition) is 5. The fraction of sp³-hybridized carbons (Fsp3) is 0.375. The summed E-state index contributed by atoms with van der Waals surface area (Å²) in [6.45, 7) is 4.43. The Morgan fingerprint density at radius 1 is 1.13 bits per heavy atom. The van der Waals surface area contributed by atoms with Gasteiger partial charge in [-0.25, -0.2) is 13.1 Å². The molecule has 2 rings (SSSR count). The molecule has 6 nitrogen and oxygen atoms in total. The van der Waals surface area contributed by atoms with Gasteiger partial charge in [0.05, 0.1) is 17.5 Å². The molecule has 1 aromatic carbocycles. The predicted octanol–water partition coefficient (Wildman–Crippen LogP) is 2.65. The number of ether oxygens (including phenoxy) is 2. The lowest BCUT2D eigenvalue weighted by atomic mass is 10.3. The molecule has 1 heterocycles. The second-order valence-electron chi connectivity index (χ2n) is 5.10. The van der Waals surface area contributed by atoms with Gasteiger partial charge in [-0.3, -0.25) is 0 Å². The molecule has 0 aliphatic heterocycles. The number of benzene rings is 1. The zero-order valence-electron chi connectivity index (χ0n) is 13.4. The molecule has 1 aromatic heterocycles. The highest BCUT2D eigenvalue weighted by Gasteiger charge is 2.20. The van der Waals surface area contributed by atoms with Crippen LogP contribution in [0.4, 0.5) is 0 Å². The zero-order chi connectivity index (χ0) is 16.9. The highest BCUT2D eigenvalue weighted by Crippen LogP contribution is 2.20. The maximum absolute atomic E-state index is 12.4. The van der Waals surface area contributed by atoms with E-state index in [1.165, 1.54) is 12.1 Å². The van der Waals surface area contributed by atoms with Gasteiger partial charge in [0.1, 0.15) is 23.9 Å². The molecule has 0 radical (unpaired) electrons. The van der Waals surface area contributed by atoms with Crippen molar-refractivity contribution in [1.29, 1.82) is 0 Å². The van der Waals surface area contributed by atoms with Crippen LogP contribution in [0.5, 0.6) is 5.75 Å². The summed E-state index contributed by atoms with van der Waals surface area (Å²) in [4.78, 5) is 0.173. The lowest BCUT2D eigenvalue weighted by Crippen LogP contribution is -2.26. The van der Waals surface area contributed by atoms with Crippen LogP contribution in [0.3, 0.4) is 0 Å². The van der Waals surface area contributed by atoms with Crippen molar-refractivity contribution in [2.75, 3.05) is 20.3 Å². The van der Waals surface area contributed by atoms with Gasteiger partial charge >= 0.3 is 0 Å². The monoisotopic (exact) mass is 339 g/mol. The van der Waals surface area contributed by atoms with Crippen LogP contribution < -0.4 is 9.46 Å². The average Bonchev–Trinajstić information content (AvgIpc) is 2.94. The van der Waals surface area contributed by atoms with Gasteiger partial charge in [-0.1, -0.05) is 0 Å². The number of sulfonamides is 1. The molecule has 0 aliphatic carbocycles. The third-order valence-corrected chi connectivity index (χ3v) is 4.77. The summed E-state index contributed by atoms with van der Waals surface area (Å²) in [6.07, 6.45) is 0. The van der Waals surface area contributed by atoms with Crippen molar-refractivity contribution in [2.24, 2.45) is 0 Å². The Bertz CT molecular complexity index is 721. The zero-order valence-corrected chi connectivity index (χ0v) is 14.2. The minimum absolute atomic E-state index is 0.173. The van der Waals surface area contributed by atoms with Crippen molar-refractivity contribution < 1.29 is 22.3 Å². The fourth-order valence-corrected chi connectivity index (χ4v) is 3.21. The Balaban J connectivity index is 2.04. The quantitative estimate of drug-likeness (QED) is 0.748. The van der Waals surface area contributed by atoms with E-state index in [9.17, 15) is 8.42 Å². The van der Waals surface area contributed by atoms with E-state index in [2.05, 4.69) is 4.72 Å². The second-order valence-corrected chi connectivity index (χ2v) is 6.82. The Labute approximate surface area is 136 Å². The predicted molar refractivity (Wildman–Crippen MR) is 86.0 cm³/mol. The van der Waals surface area contributed by atoms with Crippen molar-refractivity contribution >= 4 is 10.0 Å². The molecule has 2 aromatic rings. The average molecular weight is 339 g/mol. The van der Waals surface area contributed by atoms with E-state index >= 15 is 0 Å². The van der Waals surface area contributed by atoms with Gasteiger partial charge in [-0.15, -0.1) is 0 Å². The first kappa shape index (κ1) is 17.5. The first-order chi connectivity index (χ1) is 10.9. The molecule has 0 spiro atoms. The largest absolute Gasteiger partial charge is 0.491 e. The molecular formula is C16H21NO5S. The lowest BCUT2D eigenvalue weighted by Gasteiger charge is -2.13. The Kier molecular flexibility index (Phi) is 5.81. The second kappa shape index (κ2) is 7.63. The Morgan fingerprint density at radius 2 is 1.83 bits per heavy atom. The highest BCUT2D eigenvalue weighted by atomic mass is 32.2. The van der Waals surface area contributed by atoms with E-state index in [-0.39, 0.29) is 4.90 Å². The van der Waals surface area contributed by atoms with Crippen LogP contribution in [0.15, 0.2) is 45.7 Å². The van der Waals surface area contributed by atoms with Gasteiger partial charge < -0.3 is 13.9 Å². The van der Waals surface area contributed by atoms with Gasteiger partial charge in [0, 0.05) is 7.11 Å². The standard InChI is InChI=1S/C16H21NO5S/c1-12-4-9-16(22-12)13(2)17-23(18,19)15-7-5-14(6-8-15)21-11-10-20-3/h4-9,13,17H,10-11H2,1-3H3/t13-/m1/s1. The molecule has 0 saturated carbocycles. The SMILES string of the molecule is COCCOc1ccc(S(=O)(=O)N[C@H](C)c2ccc(C)o2)cc1. The maximum atomic E-state index is 12.4. The summed E-state index contributed by atoms with van der Waals surface area (Å²) in [5.41, 5.74) is 0. The summed E-state index contributed by atoms with van der Waals surface area (Å²) in [6, 6.07) is 9.35. The van der Waals surface area contributed by atoms with E-state index < -0.39 is 16.1 Å². The molecule has 0 amide bonds. The third kappa shape index (κ3) is 4.82. The maximum Gasteiger partial charge on any atom is 0.241 e. The Hall–Kier alpha value is -1.83. The molecule has 1 atom stereocenters. The van der Waals surface area contributed by atoms with Crippen LogP contribution in [0, 0.1) is 6.92 Å². The molecular weight excluding hydrogens is 318 g/mol. The summed E-state index contributed by atoms with van der Waals surface area (Å²) >= 11 is 0. The Morgan fingerprint density at radius 3 is 2.39 bits per heavy atom. The summed E-state index contributed by atoms with van der Waals surface area (Å²) in [7, 11) is -2.04. The molecule has 1 N–H and O–H groups in total. The summed E-state index contributed by atoms with van der Waals surface area (Å²) < 4.78 is 43.1. The van der Waals surface area contributed by atoms with Crippen molar-refractivity contribution in [3.05, 3.63) is 47.9 Å². The van der Waals surface area contributed by atoms with Crippen LogP contribution in [0.2, 0.25) is 0 Å². The van der Waals surface area contributed by atoms with Crippen molar-refractivity contribution in [2.45, 2.75) is 24.8 Å². The van der Waals surface area contributed by atoms with E-state index in [4.69, 9.17) is 13.9 Å². The molecule has 126 valence electrons. The van der Waals surface area contributed by atoms with Crippen LogP contribution in [0.1, 0.15) is 24.5 Å². The summed E-state index contributed by atoms with van der Waals surface area (Å²) in [5, 5.41) is 0. The number of furan rings is 1. The molecule has 0 fully saturated rings. The minimum atomic E-state index is -3.63. The van der Waals surface area contributed by atoms with Crippen LogP contribution in [-0.4, -0.2) is 28.7 Å². The first-order valence-electron chi connectivity index (χ1n) is 7.23. The number of rotatable bonds is 8. The van der Waals surface area contributed by atoms with Gasteiger partial charge in [0.15, 0.2) is 0 Å². The summed E-state index contributed by atoms with van der Waals surface area (Å²) in [5.74, 6) is 1.91. The third-order valence-electron chi connectivity index (χ3n) is 3.21. The smallest absolute Gasteiger partial charge is 0.241 e. The lowest BCUT2D eigenvalue weighted by molar-refractivity contribution is 0.146.